The van der Waals surface area contributed by atoms with E-state index in [9.17, 15) is 5.11 Å². The van der Waals surface area contributed by atoms with Crippen LogP contribution in [0.2, 0.25) is 5.02 Å². The van der Waals surface area contributed by atoms with Crippen LogP contribution >= 0.6 is 11.6 Å². The molecule has 2 rings (SSSR count). The molecule has 0 spiro atoms. The van der Waals surface area contributed by atoms with Crippen LogP contribution in [0.5, 0.6) is 17.2 Å². The van der Waals surface area contributed by atoms with E-state index in [1.54, 1.807) is 49.6 Å². The van der Waals surface area contributed by atoms with Gasteiger partial charge in [0.05, 0.1) is 13.7 Å². The first-order chi connectivity index (χ1) is 8.74. The van der Waals surface area contributed by atoms with Crippen LogP contribution in [0.15, 0.2) is 42.5 Å². The number of rotatable bonds is 4. The van der Waals surface area contributed by atoms with Gasteiger partial charge in [0.15, 0.2) is 0 Å². The van der Waals surface area contributed by atoms with Crippen molar-refractivity contribution in [3.05, 3.63) is 53.1 Å². The number of halogens is 1. The molecule has 2 aromatic rings. The first-order valence-electron chi connectivity index (χ1n) is 5.44. The summed E-state index contributed by atoms with van der Waals surface area (Å²) in [5.41, 5.74) is 0.579. The van der Waals surface area contributed by atoms with Crippen LogP contribution in [-0.4, -0.2) is 12.2 Å². The number of ether oxygens (including phenoxy) is 2. The maximum atomic E-state index is 9.28. The van der Waals surface area contributed by atoms with Crippen LogP contribution in [0.1, 0.15) is 5.56 Å². The number of hydrogen-bond donors (Lipinski definition) is 1. The summed E-state index contributed by atoms with van der Waals surface area (Å²) in [6.45, 7) is -0.162. The second-order valence-electron chi connectivity index (χ2n) is 3.65. The number of benzene rings is 2. The molecular formula is C14H13ClO3. The van der Waals surface area contributed by atoms with E-state index >= 15 is 0 Å². The molecule has 0 aliphatic carbocycles. The summed E-state index contributed by atoms with van der Waals surface area (Å²) in [6.07, 6.45) is 0. The average Bonchev–Trinajstić information content (AvgIpc) is 2.40. The standard InChI is InChI=1S/C14H13ClO3/c1-17-10-5-7-11(8-6-10)18-14-4-2-3-13(15)12(14)9-16/h2-8,16H,9H2,1H3. The maximum absolute atomic E-state index is 9.28. The lowest BCUT2D eigenvalue weighted by atomic mass is 10.2. The lowest BCUT2D eigenvalue weighted by Crippen LogP contribution is -1.92. The van der Waals surface area contributed by atoms with E-state index in [0.29, 0.717) is 22.1 Å². The Morgan fingerprint density at radius 3 is 2.33 bits per heavy atom. The molecule has 4 heteroatoms. The van der Waals surface area contributed by atoms with E-state index in [1.165, 1.54) is 0 Å². The van der Waals surface area contributed by atoms with E-state index in [1.807, 2.05) is 0 Å². The summed E-state index contributed by atoms with van der Waals surface area (Å²) >= 11 is 5.98. The second-order valence-corrected chi connectivity index (χ2v) is 4.06. The van der Waals surface area contributed by atoms with E-state index < -0.39 is 0 Å². The van der Waals surface area contributed by atoms with Crippen molar-refractivity contribution >= 4 is 11.6 Å². The van der Waals surface area contributed by atoms with Crippen LogP contribution < -0.4 is 9.47 Å². The first kappa shape index (κ1) is 12.7. The minimum absolute atomic E-state index is 0.162. The van der Waals surface area contributed by atoms with Gasteiger partial charge in [-0.1, -0.05) is 17.7 Å². The lowest BCUT2D eigenvalue weighted by Gasteiger charge is -2.11. The lowest BCUT2D eigenvalue weighted by molar-refractivity contribution is 0.276. The highest BCUT2D eigenvalue weighted by molar-refractivity contribution is 6.31. The van der Waals surface area contributed by atoms with Gasteiger partial charge in [-0.15, -0.1) is 0 Å². The first-order valence-corrected chi connectivity index (χ1v) is 5.82. The van der Waals surface area contributed by atoms with E-state index in [0.717, 1.165) is 5.75 Å². The highest BCUT2D eigenvalue weighted by atomic mass is 35.5. The van der Waals surface area contributed by atoms with Gasteiger partial charge in [-0.05, 0) is 36.4 Å². The fourth-order valence-corrected chi connectivity index (χ4v) is 1.78. The van der Waals surface area contributed by atoms with Crippen LogP contribution in [0.25, 0.3) is 0 Å². The van der Waals surface area contributed by atoms with Crippen molar-refractivity contribution < 1.29 is 14.6 Å². The van der Waals surface area contributed by atoms with E-state index in [2.05, 4.69) is 0 Å². The van der Waals surface area contributed by atoms with Crippen LogP contribution in [-0.2, 0) is 6.61 Å². The summed E-state index contributed by atoms with van der Waals surface area (Å²) in [5.74, 6) is 1.97. The van der Waals surface area contributed by atoms with Crippen LogP contribution in [0.4, 0.5) is 0 Å². The van der Waals surface area contributed by atoms with Gasteiger partial charge in [-0.2, -0.15) is 0 Å². The summed E-state index contributed by atoms with van der Waals surface area (Å²) in [4.78, 5) is 0. The molecule has 18 heavy (non-hydrogen) atoms. The van der Waals surface area contributed by atoms with Crippen LogP contribution in [0.3, 0.4) is 0 Å². The molecule has 0 aliphatic heterocycles. The third-order valence-electron chi connectivity index (χ3n) is 2.52. The fraction of sp³-hybridized carbons (Fsp3) is 0.143. The van der Waals surface area contributed by atoms with E-state index in [-0.39, 0.29) is 6.61 Å². The molecule has 0 aliphatic rings. The van der Waals surface area contributed by atoms with Crippen molar-refractivity contribution in [3.63, 3.8) is 0 Å². The molecule has 0 bridgehead atoms. The van der Waals surface area contributed by atoms with Crippen molar-refractivity contribution in [1.29, 1.82) is 0 Å². The molecule has 0 atom stereocenters. The molecule has 0 unspecified atom stereocenters. The molecule has 0 amide bonds. The molecule has 94 valence electrons. The number of hydrogen-bond acceptors (Lipinski definition) is 3. The number of aliphatic hydroxyl groups is 1. The molecule has 1 N–H and O–H groups in total. The summed E-state index contributed by atoms with van der Waals surface area (Å²) in [6, 6.07) is 12.5. The normalized spacial score (nSPS) is 10.2. The predicted octanol–water partition coefficient (Wildman–Crippen LogP) is 3.63. The topological polar surface area (TPSA) is 38.7 Å². The third kappa shape index (κ3) is 2.75. The molecule has 0 aromatic heterocycles. The van der Waals surface area contributed by atoms with E-state index in [4.69, 9.17) is 21.1 Å². The minimum atomic E-state index is -0.162. The zero-order chi connectivity index (χ0) is 13.0. The van der Waals surface area contributed by atoms with Gasteiger partial charge in [0, 0.05) is 10.6 Å². The molecule has 0 radical (unpaired) electrons. The van der Waals surface area contributed by atoms with Crippen molar-refractivity contribution in [3.8, 4) is 17.2 Å². The average molecular weight is 265 g/mol. The fourth-order valence-electron chi connectivity index (χ4n) is 1.56. The minimum Gasteiger partial charge on any atom is -0.497 e. The quantitative estimate of drug-likeness (QED) is 0.916. The van der Waals surface area contributed by atoms with Gasteiger partial charge in [0.25, 0.3) is 0 Å². The summed E-state index contributed by atoms with van der Waals surface area (Å²) in [5, 5.41) is 9.76. The van der Waals surface area contributed by atoms with Crippen molar-refractivity contribution in [2.24, 2.45) is 0 Å². The van der Waals surface area contributed by atoms with Gasteiger partial charge in [-0.25, -0.2) is 0 Å². The SMILES string of the molecule is COc1ccc(Oc2cccc(Cl)c2CO)cc1. The smallest absolute Gasteiger partial charge is 0.134 e. The molecule has 0 saturated heterocycles. The molecule has 0 fully saturated rings. The largest absolute Gasteiger partial charge is 0.497 e. The predicted molar refractivity (Wildman–Crippen MR) is 70.4 cm³/mol. The van der Waals surface area contributed by atoms with Gasteiger partial charge >= 0.3 is 0 Å². The zero-order valence-electron chi connectivity index (χ0n) is 9.89. The Balaban J connectivity index is 2.25. The Morgan fingerprint density at radius 2 is 1.72 bits per heavy atom. The third-order valence-corrected chi connectivity index (χ3v) is 2.88. The van der Waals surface area contributed by atoms with Gasteiger partial charge in [-0.3, -0.25) is 0 Å². The molecule has 0 heterocycles. The summed E-state index contributed by atoms with van der Waals surface area (Å²) in [7, 11) is 1.61. The molecular weight excluding hydrogens is 252 g/mol. The number of aliphatic hydroxyl groups excluding tert-OH is 1. The Labute approximate surface area is 111 Å². The van der Waals surface area contributed by atoms with Gasteiger partial charge < -0.3 is 14.6 Å². The molecule has 3 nitrogen and oxygen atoms in total. The van der Waals surface area contributed by atoms with Crippen molar-refractivity contribution in [2.75, 3.05) is 7.11 Å². The number of methoxy groups -OCH3 is 1. The molecule has 0 saturated carbocycles. The second kappa shape index (κ2) is 5.76. The van der Waals surface area contributed by atoms with Crippen molar-refractivity contribution in [1.82, 2.24) is 0 Å². The monoisotopic (exact) mass is 264 g/mol. The Bertz CT molecular complexity index is 523. The maximum Gasteiger partial charge on any atom is 0.134 e. The molecule has 2 aromatic carbocycles. The van der Waals surface area contributed by atoms with Crippen molar-refractivity contribution in [2.45, 2.75) is 6.61 Å². The Kier molecular flexibility index (Phi) is 4.07. The highest BCUT2D eigenvalue weighted by Gasteiger charge is 2.08. The Hall–Kier alpha value is -1.71. The van der Waals surface area contributed by atoms with Crippen LogP contribution in [0, 0.1) is 0 Å². The zero-order valence-corrected chi connectivity index (χ0v) is 10.6. The van der Waals surface area contributed by atoms with Gasteiger partial charge in [0.2, 0.25) is 0 Å². The Morgan fingerprint density at radius 1 is 1.06 bits per heavy atom. The van der Waals surface area contributed by atoms with Gasteiger partial charge in [0.1, 0.15) is 17.2 Å². The summed E-state index contributed by atoms with van der Waals surface area (Å²) < 4.78 is 10.7. The highest BCUT2D eigenvalue weighted by Crippen LogP contribution is 2.31.